The van der Waals surface area contributed by atoms with Gasteiger partial charge in [-0.3, -0.25) is 9.59 Å². The summed E-state index contributed by atoms with van der Waals surface area (Å²) in [5, 5.41) is 4.26. The maximum absolute atomic E-state index is 13.0. The molecule has 2 aromatic carbocycles. The number of carbonyl (C=O) groups excluding carboxylic acids is 2. The summed E-state index contributed by atoms with van der Waals surface area (Å²) >= 11 is 18.4. The number of halogens is 3. The van der Waals surface area contributed by atoms with Crippen LogP contribution in [0.3, 0.4) is 0 Å². The second kappa shape index (κ2) is 9.98. The van der Waals surface area contributed by atoms with Crippen molar-refractivity contribution < 1.29 is 9.59 Å². The van der Waals surface area contributed by atoms with Gasteiger partial charge in [0.05, 0.1) is 6.42 Å². The minimum atomic E-state index is -0.669. The molecule has 4 nitrogen and oxygen atoms in total. The van der Waals surface area contributed by atoms with Crippen LogP contribution in [0.25, 0.3) is 0 Å². The van der Waals surface area contributed by atoms with Crippen LogP contribution in [0, 0.1) is 0 Å². The number of carbonyl (C=O) groups is 2. The van der Waals surface area contributed by atoms with Crippen molar-refractivity contribution in [3.8, 4) is 0 Å². The second-order valence-electron chi connectivity index (χ2n) is 6.10. The molecule has 0 bridgehead atoms. The van der Waals surface area contributed by atoms with E-state index in [1.54, 1.807) is 49.4 Å². The Morgan fingerprint density at radius 3 is 2.19 bits per heavy atom. The van der Waals surface area contributed by atoms with Gasteiger partial charge in [-0.2, -0.15) is 0 Å². The molecular weight excluding hydrogens is 407 g/mol. The lowest BCUT2D eigenvalue weighted by molar-refractivity contribution is -0.140. The maximum atomic E-state index is 13.0. The average molecular weight is 428 g/mol. The van der Waals surface area contributed by atoms with E-state index >= 15 is 0 Å². The molecular formula is C20H21Cl3N2O2. The summed E-state index contributed by atoms with van der Waals surface area (Å²) in [6.45, 7) is 4.14. The fourth-order valence-corrected chi connectivity index (χ4v) is 3.28. The number of hydrogen-bond donors (Lipinski definition) is 1. The zero-order valence-electron chi connectivity index (χ0n) is 15.1. The van der Waals surface area contributed by atoms with Crippen molar-refractivity contribution in [3.63, 3.8) is 0 Å². The summed E-state index contributed by atoms with van der Waals surface area (Å²) in [4.78, 5) is 26.9. The molecule has 0 heterocycles. The summed E-state index contributed by atoms with van der Waals surface area (Å²) in [5.41, 5.74) is 1.42. The molecule has 1 N–H and O–H groups in total. The van der Waals surface area contributed by atoms with Crippen LogP contribution in [0.5, 0.6) is 0 Å². The van der Waals surface area contributed by atoms with Crippen molar-refractivity contribution in [2.24, 2.45) is 0 Å². The molecule has 0 aliphatic carbocycles. The molecule has 27 heavy (non-hydrogen) atoms. The Hall–Kier alpha value is -1.75. The first-order valence-electron chi connectivity index (χ1n) is 8.58. The first kappa shape index (κ1) is 21.5. The molecule has 0 saturated heterocycles. The topological polar surface area (TPSA) is 49.4 Å². The molecule has 7 heteroatoms. The van der Waals surface area contributed by atoms with Crippen LogP contribution >= 0.6 is 34.8 Å². The molecule has 0 fully saturated rings. The minimum Gasteiger partial charge on any atom is -0.355 e. The van der Waals surface area contributed by atoms with Crippen molar-refractivity contribution >= 4 is 46.6 Å². The van der Waals surface area contributed by atoms with Gasteiger partial charge in [0.15, 0.2) is 0 Å². The molecule has 144 valence electrons. The van der Waals surface area contributed by atoms with Crippen molar-refractivity contribution in [2.45, 2.75) is 32.9 Å². The molecule has 0 aliphatic rings. The summed E-state index contributed by atoms with van der Waals surface area (Å²) in [5.74, 6) is -0.433. The standard InChI is InChI=1S/C20H21Cl3N2O2/c1-3-24-20(27)13(2)25(12-16-17(22)5-4-6-18(16)23)19(26)11-14-7-9-15(21)10-8-14/h4-10,13H,3,11-12H2,1-2H3,(H,24,27)/t13-/m1/s1. The highest BCUT2D eigenvalue weighted by molar-refractivity contribution is 6.36. The summed E-state index contributed by atoms with van der Waals surface area (Å²) in [6, 6.07) is 11.5. The molecule has 0 aromatic heterocycles. The van der Waals surface area contributed by atoms with Crippen LogP contribution in [0.2, 0.25) is 15.1 Å². The normalized spacial score (nSPS) is 11.7. The van der Waals surface area contributed by atoms with Crippen LogP contribution in [0.1, 0.15) is 25.0 Å². The number of rotatable bonds is 7. The number of nitrogens with zero attached hydrogens (tertiary/aromatic N) is 1. The maximum Gasteiger partial charge on any atom is 0.242 e. The van der Waals surface area contributed by atoms with E-state index in [1.165, 1.54) is 4.90 Å². The van der Waals surface area contributed by atoms with Gasteiger partial charge in [0, 0.05) is 33.7 Å². The smallest absolute Gasteiger partial charge is 0.242 e. The van der Waals surface area contributed by atoms with Gasteiger partial charge in [-0.25, -0.2) is 0 Å². The van der Waals surface area contributed by atoms with Gasteiger partial charge in [-0.1, -0.05) is 53.0 Å². The van der Waals surface area contributed by atoms with Gasteiger partial charge in [0.1, 0.15) is 6.04 Å². The highest BCUT2D eigenvalue weighted by atomic mass is 35.5. The van der Waals surface area contributed by atoms with E-state index in [0.717, 1.165) is 5.56 Å². The lowest BCUT2D eigenvalue weighted by Crippen LogP contribution is -2.48. The van der Waals surface area contributed by atoms with Crippen LogP contribution in [-0.2, 0) is 22.6 Å². The molecule has 1 atom stereocenters. The number of hydrogen-bond acceptors (Lipinski definition) is 2. The Morgan fingerprint density at radius 2 is 1.63 bits per heavy atom. The predicted octanol–water partition coefficient (Wildman–Crippen LogP) is 4.74. The van der Waals surface area contributed by atoms with Gasteiger partial charge in [-0.15, -0.1) is 0 Å². The highest BCUT2D eigenvalue weighted by Gasteiger charge is 2.27. The highest BCUT2D eigenvalue weighted by Crippen LogP contribution is 2.27. The summed E-state index contributed by atoms with van der Waals surface area (Å²) in [6.07, 6.45) is 0.142. The monoisotopic (exact) mass is 426 g/mol. The average Bonchev–Trinajstić information content (AvgIpc) is 2.63. The van der Waals surface area contributed by atoms with E-state index in [4.69, 9.17) is 34.8 Å². The third kappa shape index (κ3) is 5.86. The zero-order chi connectivity index (χ0) is 20.0. The molecule has 0 saturated carbocycles. The van der Waals surface area contributed by atoms with E-state index in [-0.39, 0.29) is 24.8 Å². The van der Waals surface area contributed by atoms with Crippen molar-refractivity contribution in [1.29, 1.82) is 0 Å². The van der Waals surface area contributed by atoms with Gasteiger partial charge >= 0.3 is 0 Å². The van der Waals surface area contributed by atoms with E-state index < -0.39 is 6.04 Å². The Morgan fingerprint density at radius 1 is 1.04 bits per heavy atom. The van der Waals surface area contributed by atoms with Crippen LogP contribution < -0.4 is 5.32 Å². The van der Waals surface area contributed by atoms with Crippen molar-refractivity contribution in [3.05, 3.63) is 68.7 Å². The fraction of sp³-hybridized carbons (Fsp3) is 0.300. The number of benzene rings is 2. The molecule has 2 rings (SSSR count). The van der Waals surface area contributed by atoms with Gasteiger partial charge in [0.2, 0.25) is 11.8 Å². The number of amides is 2. The fourth-order valence-electron chi connectivity index (χ4n) is 2.64. The van der Waals surface area contributed by atoms with Gasteiger partial charge < -0.3 is 10.2 Å². The lowest BCUT2D eigenvalue weighted by atomic mass is 10.1. The molecule has 0 aliphatic heterocycles. The van der Waals surface area contributed by atoms with Gasteiger partial charge in [0.25, 0.3) is 0 Å². The largest absolute Gasteiger partial charge is 0.355 e. The van der Waals surface area contributed by atoms with E-state index in [1.807, 2.05) is 6.92 Å². The van der Waals surface area contributed by atoms with Crippen LogP contribution in [0.15, 0.2) is 42.5 Å². The molecule has 0 radical (unpaired) electrons. The molecule has 2 aromatic rings. The SMILES string of the molecule is CCNC(=O)[C@@H](C)N(Cc1c(Cl)cccc1Cl)C(=O)Cc1ccc(Cl)cc1. The van der Waals surface area contributed by atoms with E-state index in [0.29, 0.717) is 27.2 Å². The Balaban J connectivity index is 2.29. The van der Waals surface area contributed by atoms with Crippen molar-refractivity contribution in [2.75, 3.05) is 6.54 Å². The van der Waals surface area contributed by atoms with E-state index in [2.05, 4.69) is 5.32 Å². The minimum absolute atomic E-state index is 0.142. The van der Waals surface area contributed by atoms with Crippen LogP contribution in [-0.4, -0.2) is 29.3 Å². The van der Waals surface area contributed by atoms with Crippen LogP contribution in [0.4, 0.5) is 0 Å². The zero-order valence-corrected chi connectivity index (χ0v) is 17.4. The lowest BCUT2D eigenvalue weighted by Gasteiger charge is -2.29. The predicted molar refractivity (Wildman–Crippen MR) is 110 cm³/mol. The summed E-state index contributed by atoms with van der Waals surface area (Å²) in [7, 11) is 0. The molecule has 2 amide bonds. The number of likely N-dealkylation sites (N-methyl/N-ethyl adjacent to an activating group) is 1. The second-order valence-corrected chi connectivity index (χ2v) is 7.35. The Bertz CT molecular complexity index is 789. The van der Waals surface area contributed by atoms with Crippen molar-refractivity contribution in [1.82, 2.24) is 10.2 Å². The third-order valence-electron chi connectivity index (χ3n) is 4.18. The first-order valence-corrected chi connectivity index (χ1v) is 9.71. The number of nitrogens with one attached hydrogen (secondary N) is 1. The first-order chi connectivity index (χ1) is 12.8. The quantitative estimate of drug-likeness (QED) is 0.693. The summed E-state index contributed by atoms with van der Waals surface area (Å²) < 4.78 is 0. The molecule has 0 unspecified atom stereocenters. The van der Waals surface area contributed by atoms with Gasteiger partial charge in [-0.05, 0) is 43.7 Å². The third-order valence-corrected chi connectivity index (χ3v) is 5.14. The Labute approximate surface area is 174 Å². The van der Waals surface area contributed by atoms with E-state index in [9.17, 15) is 9.59 Å². The molecule has 0 spiro atoms. The Kier molecular flexibility index (Phi) is 7.96.